The van der Waals surface area contributed by atoms with Gasteiger partial charge in [0.05, 0.1) is 0 Å². The van der Waals surface area contributed by atoms with E-state index in [0.717, 1.165) is 12.1 Å². The van der Waals surface area contributed by atoms with Gasteiger partial charge in [0, 0.05) is 19.0 Å². The molecule has 0 aliphatic carbocycles. The van der Waals surface area contributed by atoms with Crippen LogP contribution in [0.25, 0.3) is 11.1 Å². The van der Waals surface area contributed by atoms with Crippen molar-refractivity contribution in [1.29, 1.82) is 0 Å². The molecule has 1 amide bonds. The molecule has 2 aromatic rings. The number of amides is 1. The van der Waals surface area contributed by atoms with Gasteiger partial charge in [0.25, 0.3) is 0 Å². The van der Waals surface area contributed by atoms with Crippen LogP contribution in [0.3, 0.4) is 0 Å². The smallest absolute Gasteiger partial charge is 0.339 e. The van der Waals surface area contributed by atoms with Crippen molar-refractivity contribution in [3.05, 3.63) is 48.0 Å². The fourth-order valence-corrected chi connectivity index (χ4v) is 2.63. The van der Waals surface area contributed by atoms with Crippen LogP contribution in [0.2, 0.25) is 0 Å². The Kier molecular flexibility index (Phi) is 7.28. The lowest BCUT2D eigenvalue weighted by molar-refractivity contribution is -0.134. The Labute approximate surface area is 163 Å². The number of hydrogen-bond donors (Lipinski definition) is 2. The standard InChI is InChI=1S/C21H24N2O5/c1-14(24)22-17-9-6-15(7-10-17)16-8-11-18(21(26)27)19(13-16)28-20(25)5-4-12-23(2)3/h6-11,13H,4-5,12H2,1-3H3,(H,22,24)(H,26,27). The van der Waals surface area contributed by atoms with E-state index in [2.05, 4.69) is 5.32 Å². The van der Waals surface area contributed by atoms with Crippen LogP contribution in [-0.2, 0) is 9.59 Å². The normalized spacial score (nSPS) is 10.6. The lowest BCUT2D eigenvalue weighted by Crippen LogP contribution is -2.16. The summed E-state index contributed by atoms with van der Waals surface area (Å²) >= 11 is 0. The molecule has 2 rings (SSSR count). The first-order valence-electron chi connectivity index (χ1n) is 8.87. The van der Waals surface area contributed by atoms with E-state index in [0.29, 0.717) is 17.7 Å². The van der Waals surface area contributed by atoms with Crippen molar-refractivity contribution >= 4 is 23.5 Å². The number of carboxylic acid groups (broad SMARTS) is 1. The zero-order chi connectivity index (χ0) is 20.7. The molecular weight excluding hydrogens is 360 g/mol. The van der Waals surface area contributed by atoms with Gasteiger partial charge in [-0.25, -0.2) is 4.79 Å². The summed E-state index contributed by atoms with van der Waals surface area (Å²) in [7, 11) is 3.82. The maximum atomic E-state index is 12.1. The Hall–Kier alpha value is -3.19. The molecule has 7 nitrogen and oxygen atoms in total. The molecule has 0 fully saturated rings. The highest BCUT2D eigenvalue weighted by molar-refractivity contribution is 5.93. The number of rotatable bonds is 8. The molecule has 0 aliphatic rings. The van der Waals surface area contributed by atoms with Gasteiger partial charge in [-0.3, -0.25) is 9.59 Å². The third-order valence-electron chi connectivity index (χ3n) is 3.96. The number of esters is 1. The molecule has 148 valence electrons. The number of carboxylic acids is 1. The molecule has 0 saturated carbocycles. The van der Waals surface area contributed by atoms with Crippen LogP contribution >= 0.6 is 0 Å². The first-order valence-corrected chi connectivity index (χ1v) is 8.87. The Morgan fingerprint density at radius 3 is 2.25 bits per heavy atom. The molecule has 0 aromatic heterocycles. The molecule has 0 atom stereocenters. The van der Waals surface area contributed by atoms with Crippen LogP contribution in [0.4, 0.5) is 5.69 Å². The number of carbonyl (C=O) groups is 3. The van der Waals surface area contributed by atoms with Crippen LogP contribution in [0, 0.1) is 0 Å². The summed E-state index contributed by atoms with van der Waals surface area (Å²) in [6.45, 7) is 2.17. The number of aromatic carboxylic acids is 1. The number of benzene rings is 2. The average molecular weight is 384 g/mol. The van der Waals surface area contributed by atoms with Gasteiger partial charge in [-0.05, 0) is 62.5 Å². The van der Waals surface area contributed by atoms with Crippen molar-refractivity contribution in [3.63, 3.8) is 0 Å². The minimum Gasteiger partial charge on any atom is -0.478 e. The predicted molar refractivity (Wildman–Crippen MR) is 107 cm³/mol. The summed E-state index contributed by atoms with van der Waals surface area (Å²) < 4.78 is 5.33. The number of nitrogens with zero attached hydrogens (tertiary/aromatic N) is 1. The number of ether oxygens (including phenoxy) is 1. The third-order valence-corrected chi connectivity index (χ3v) is 3.96. The maximum Gasteiger partial charge on any atom is 0.339 e. The SMILES string of the molecule is CC(=O)Nc1ccc(-c2ccc(C(=O)O)c(OC(=O)CCCN(C)C)c2)cc1. The molecule has 0 spiro atoms. The van der Waals surface area contributed by atoms with Gasteiger partial charge in [-0.2, -0.15) is 0 Å². The average Bonchev–Trinajstić information content (AvgIpc) is 2.61. The Morgan fingerprint density at radius 2 is 1.68 bits per heavy atom. The molecule has 2 N–H and O–H groups in total. The van der Waals surface area contributed by atoms with Crippen molar-refractivity contribution in [2.24, 2.45) is 0 Å². The highest BCUT2D eigenvalue weighted by Crippen LogP contribution is 2.29. The largest absolute Gasteiger partial charge is 0.478 e. The van der Waals surface area contributed by atoms with Crippen LogP contribution in [0.15, 0.2) is 42.5 Å². The monoisotopic (exact) mass is 384 g/mol. The zero-order valence-electron chi connectivity index (χ0n) is 16.2. The number of hydrogen-bond acceptors (Lipinski definition) is 5. The fraction of sp³-hybridized carbons (Fsp3) is 0.286. The summed E-state index contributed by atoms with van der Waals surface area (Å²) in [4.78, 5) is 36.6. The molecule has 2 aromatic carbocycles. The molecule has 0 heterocycles. The van der Waals surface area contributed by atoms with Gasteiger partial charge < -0.3 is 20.1 Å². The molecule has 0 bridgehead atoms. The van der Waals surface area contributed by atoms with E-state index >= 15 is 0 Å². The Balaban J connectivity index is 2.21. The first kappa shape index (κ1) is 21.1. The number of anilines is 1. The Bertz CT molecular complexity index is 860. The molecule has 28 heavy (non-hydrogen) atoms. The molecule has 0 saturated heterocycles. The van der Waals surface area contributed by atoms with Gasteiger partial charge in [-0.15, -0.1) is 0 Å². The minimum absolute atomic E-state index is 0.0193. The van der Waals surface area contributed by atoms with Gasteiger partial charge >= 0.3 is 11.9 Å². The first-order chi connectivity index (χ1) is 13.3. The van der Waals surface area contributed by atoms with Crippen LogP contribution in [0.1, 0.15) is 30.1 Å². The van der Waals surface area contributed by atoms with Gasteiger partial charge in [-0.1, -0.05) is 18.2 Å². The van der Waals surface area contributed by atoms with Crippen LogP contribution in [-0.4, -0.2) is 48.5 Å². The molecule has 0 radical (unpaired) electrons. The number of nitrogens with one attached hydrogen (secondary N) is 1. The quantitative estimate of drug-likeness (QED) is 0.536. The second-order valence-corrected chi connectivity index (χ2v) is 6.66. The van der Waals surface area contributed by atoms with Gasteiger partial charge in [0.2, 0.25) is 5.91 Å². The van der Waals surface area contributed by atoms with Crippen molar-refractivity contribution < 1.29 is 24.2 Å². The van der Waals surface area contributed by atoms with E-state index < -0.39 is 11.9 Å². The molecule has 0 aliphatic heterocycles. The summed E-state index contributed by atoms with van der Waals surface area (Å²) in [6, 6.07) is 11.7. The van der Waals surface area contributed by atoms with Crippen molar-refractivity contribution in [2.45, 2.75) is 19.8 Å². The zero-order valence-corrected chi connectivity index (χ0v) is 16.2. The lowest BCUT2D eigenvalue weighted by Gasteiger charge is -2.12. The Morgan fingerprint density at radius 1 is 1.04 bits per heavy atom. The van der Waals surface area contributed by atoms with E-state index in [9.17, 15) is 19.5 Å². The van der Waals surface area contributed by atoms with Gasteiger partial charge in [0.15, 0.2) is 0 Å². The van der Waals surface area contributed by atoms with E-state index in [-0.39, 0.29) is 23.6 Å². The highest BCUT2D eigenvalue weighted by atomic mass is 16.5. The van der Waals surface area contributed by atoms with Crippen LogP contribution < -0.4 is 10.1 Å². The van der Waals surface area contributed by atoms with E-state index in [1.807, 2.05) is 19.0 Å². The summed E-state index contributed by atoms with van der Waals surface area (Å²) in [5.41, 5.74) is 2.09. The summed E-state index contributed by atoms with van der Waals surface area (Å²) in [6.07, 6.45) is 0.825. The van der Waals surface area contributed by atoms with Crippen molar-refractivity contribution in [3.8, 4) is 16.9 Å². The number of carbonyl (C=O) groups excluding carboxylic acids is 2. The predicted octanol–water partition coefficient (Wildman–Crippen LogP) is 3.26. The summed E-state index contributed by atoms with van der Waals surface area (Å²) in [5.74, 6) is -1.78. The molecule has 7 heteroatoms. The second kappa shape index (κ2) is 9.66. The fourth-order valence-electron chi connectivity index (χ4n) is 2.63. The van der Waals surface area contributed by atoms with E-state index in [4.69, 9.17) is 4.74 Å². The highest BCUT2D eigenvalue weighted by Gasteiger charge is 2.16. The van der Waals surface area contributed by atoms with Crippen LogP contribution in [0.5, 0.6) is 5.75 Å². The maximum absolute atomic E-state index is 12.1. The molecular formula is C21H24N2O5. The lowest BCUT2D eigenvalue weighted by atomic mass is 10.0. The van der Waals surface area contributed by atoms with Gasteiger partial charge in [0.1, 0.15) is 11.3 Å². The summed E-state index contributed by atoms with van der Waals surface area (Å²) in [5, 5.41) is 12.1. The van der Waals surface area contributed by atoms with Crippen molar-refractivity contribution in [2.75, 3.05) is 26.0 Å². The second-order valence-electron chi connectivity index (χ2n) is 6.66. The van der Waals surface area contributed by atoms with Crippen molar-refractivity contribution in [1.82, 2.24) is 4.90 Å². The minimum atomic E-state index is -1.16. The third kappa shape index (κ3) is 6.21. The molecule has 0 unspecified atom stereocenters. The topological polar surface area (TPSA) is 95.9 Å². The van der Waals surface area contributed by atoms with E-state index in [1.54, 1.807) is 36.4 Å². The van der Waals surface area contributed by atoms with E-state index in [1.165, 1.54) is 13.0 Å².